The van der Waals surface area contributed by atoms with Crippen LogP contribution < -0.4 is 10.1 Å². The van der Waals surface area contributed by atoms with Gasteiger partial charge in [0.2, 0.25) is 5.91 Å². The Bertz CT molecular complexity index is 1190. The van der Waals surface area contributed by atoms with Crippen molar-refractivity contribution < 1.29 is 37.5 Å². The number of carbonyl (C=O) groups is 2. The summed E-state index contributed by atoms with van der Waals surface area (Å²) in [7, 11) is -0.484. The van der Waals surface area contributed by atoms with Crippen molar-refractivity contribution in [1.29, 1.82) is 0 Å². The molecule has 10 heteroatoms. The Morgan fingerprint density at radius 3 is 2.16 bits per heavy atom. The molecule has 0 aliphatic carbocycles. The van der Waals surface area contributed by atoms with Crippen LogP contribution in [0.5, 0.6) is 5.75 Å². The second-order valence-corrected chi connectivity index (χ2v) is 8.96. The van der Waals surface area contributed by atoms with Gasteiger partial charge in [-0.25, -0.2) is 13.2 Å². The van der Waals surface area contributed by atoms with Gasteiger partial charge in [-0.1, -0.05) is 54.6 Å². The predicted octanol–water partition coefficient (Wildman–Crippen LogP) is 4.14. The highest BCUT2D eigenvalue weighted by Crippen LogP contribution is 2.26. The highest BCUT2D eigenvalue weighted by Gasteiger charge is 2.31. The van der Waals surface area contributed by atoms with Crippen molar-refractivity contribution in [2.24, 2.45) is 5.92 Å². The van der Waals surface area contributed by atoms with Crippen LogP contribution in [0.25, 0.3) is 0 Å². The van der Waals surface area contributed by atoms with E-state index in [1.54, 1.807) is 36.4 Å². The number of benzene rings is 3. The van der Waals surface area contributed by atoms with Crippen LogP contribution in [0.3, 0.4) is 0 Å². The Morgan fingerprint density at radius 1 is 0.895 bits per heavy atom. The predicted molar refractivity (Wildman–Crippen MR) is 138 cm³/mol. The average molecular weight is 527 g/mol. The molecule has 0 fully saturated rings. The Kier molecular flexibility index (Phi) is 10.5. The molecule has 3 atom stereocenters. The molecule has 1 amide bonds. The number of Topliss-reactive ketones (excluding diaryl/α,β-unsaturated/α-hetero) is 1. The van der Waals surface area contributed by atoms with Crippen LogP contribution in [0.15, 0.2) is 78.9 Å². The first-order chi connectivity index (χ1) is 18.2. The van der Waals surface area contributed by atoms with E-state index in [0.29, 0.717) is 16.9 Å². The van der Waals surface area contributed by atoms with Crippen molar-refractivity contribution >= 4 is 18.8 Å². The van der Waals surface area contributed by atoms with Crippen molar-refractivity contribution in [1.82, 2.24) is 5.32 Å². The Balaban J connectivity index is 1.78. The highest BCUT2D eigenvalue weighted by atomic mass is 19.3. The Hall–Kier alpha value is -3.63. The van der Waals surface area contributed by atoms with Crippen molar-refractivity contribution in [3.8, 4) is 5.75 Å². The van der Waals surface area contributed by atoms with E-state index in [1.807, 2.05) is 18.2 Å². The van der Waals surface area contributed by atoms with E-state index in [9.17, 15) is 32.8 Å². The normalized spacial score (nSPS) is 13.4. The topological polar surface area (TPSA) is 95.9 Å². The van der Waals surface area contributed by atoms with Crippen LogP contribution in [0.1, 0.15) is 39.6 Å². The number of alkyl halides is 3. The lowest BCUT2D eigenvalue weighted by molar-refractivity contribution is -0.125. The minimum absolute atomic E-state index is 0.144. The lowest BCUT2D eigenvalue weighted by Gasteiger charge is -2.23. The second kappa shape index (κ2) is 13.8. The zero-order valence-electron chi connectivity index (χ0n) is 20.8. The number of hydrogen-bond donors (Lipinski definition) is 3. The first kappa shape index (κ1) is 28.9. The van der Waals surface area contributed by atoms with E-state index in [-0.39, 0.29) is 30.6 Å². The molecule has 0 heterocycles. The van der Waals surface area contributed by atoms with Gasteiger partial charge in [0.1, 0.15) is 5.75 Å². The van der Waals surface area contributed by atoms with E-state index in [0.717, 1.165) is 5.56 Å². The molecule has 3 aromatic rings. The number of methoxy groups -OCH3 is 1. The van der Waals surface area contributed by atoms with Gasteiger partial charge in [0, 0.05) is 17.9 Å². The van der Waals surface area contributed by atoms with E-state index in [2.05, 4.69) is 5.32 Å². The molecule has 0 saturated carbocycles. The monoisotopic (exact) mass is 527 g/mol. The quantitative estimate of drug-likeness (QED) is 0.230. The molecule has 0 aliphatic heterocycles. The standard InChI is InChI=1S/C28H29BF3NO5/c1-38-23-12-10-20(11-13-23)24(34)17-22(14-18-6-3-2-4-7-18)28(35)33-25(29(36)37)16-19-8-5-9-21(15-19)26(30)27(31)32/h2-13,15,22,25-27,36-37H,14,16-17H2,1H3,(H,33,35). The van der Waals surface area contributed by atoms with Crippen LogP contribution in [-0.2, 0) is 17.6 Å². The van der Waals surface area contributed by atoms with Crippen molar-refractivity contribution in [2.75, 3.05) is 7.11 Å². The summed E-state index contributed by atoms with van der Waals surface area (Å²) in [5.41, 5.74) is 1.29. The van der Waals surface area contributed by atoms with Gasteiger partial charge >= 0.3 is 7.12 Å². The number of carbonyl (C=O) groups excluding carboxylic acids is 2. The lowest BCUT2D eigenvalue weighted by Crippen LogP contribution is -2.50. The summed E-state index contributed by atoms with van der Waals surface area (Å²) in [5.74, 6) is -2.35. The van der Waals surface area contributed by atoms with Gasteiger partial charge in [0.25, 0.3) is 6.43 Å². The fraction of sp³-hybridized carbons (Fsp3) is 0.286. The van der Waals surface area contributed by atoms with Crippen LogP contribution in [0, 0.1) is 5.92 Å². The smallest absolute Gasteiger partial charge is 0.475 e. The van der Waals surface area contributed by atoms with Gasteiger partial charge in [-0.2, -0.15) is 0 Å². The number of hydrogen-bond acceptors (Lipinski definition) is 5. The van der Waals surface area contributed by atoms with Gasteiger partial charge in [-0.05, 0) is 53.8 Å². The summed E-state index contributed by atoms with van der Waals surface area (Å²) in [6, 6.07) is 20.9. The SMILES string of the molecule is COc1ccc(C(=O)CC(Cc2ccccc2)C(=O)NC(Cc2cccc(C(F)C(F)F)c2)B(O)O)cc1. The van der Waals surface area contributed by atoms with Gasteiger partial charge in [-0.15, -0.1) is 0 Å². The number of halogens is 3. The first-order valence-electron chi connectivity index (χ1n) is 12.1. The van der Waals surface area contributed by atoms with E-state index in [4.69, 9.17) is 4.74 Å². The average Bonchev–Trinajstić information content (AvgIpc) is 2.92. The molecule has 3 N–H and O–H groups in total. The van der Waals surface area contributed by atoms with Crippen LogP contribution in [0.2, 0.25) is 0 Å². The van der Waals surface area contributed by atoms with Crippen molar-refractivity contribution in [3.05, 3.63) is 101 Å². The molecule has 200 valence electrons. The number of ketones is 1. The van der Waals surface area contributed by atoms with Crippen LogP contribution in [-0.4, -0.2) is 48.3 Å². The summed E-state index contributed by atoms with van der Waals surface area (Å²) < 4.78 is 44.5. The minimum atomic E-state index is -3.20. The number of rotatable bonds is 13. The van der Waals surface area contributed by atoms with Crippen molar-refractivity contribution in [2.45, 2.75) is 37.8 Å². The number of ether oxygens (including phenoxy) is 1. The molecular weight excluding hydrogens is 498 g/mol. The molecule has 3 rings (SSSR count). The molecule has 0 bridgehead atoms. The molecule has 0 aliphatic rings. The summed E-state index contributed by atoms with van der Waals surface area (Å²) in [5, 5.41) is 22.5. The number of amides is 1. The molecule has 38 heavy (non-hydrogen) atoms. The third-order valence-corrected chi connectivity index (χ3v) is 6.17. The molecule has 0 spiro atoms. The van der Waals surface area contributed by atoms with Crippen LogP contribution >= 0.6 is 0 Å². The molecule has 0 saturated heterocycles. The molecular formula is C28H29BF3NO5. The van der Waals surface area contributed by atoms with Gasteiger partial charge < -0.3 is 20.1 Å². The zero-order chi connectivity index (χ0) is 27.7. The van der Waals surface area contributed by atoms with E-state index < -0.39 is 37.5 Å². The Morgan fingerprint density at radius 2 is 1.55 bits per heavy atom. The van der Waals surface area contributed by atoms with E-state index in [1.165, 1.54) is 31.4 Å². The van der Waals surface area contributed by atoms with Crippen molar-refractivity contribution in [3.63, 3.8) is 0 Å². The lowest BCUT2D eigenvalue weighted by atomic mass is 9.75. The van der Waals surface area contributed by atoms with Gasteiger partial charge in [0.15, 0.2) is 12.0 Å². The maximum absolute atomic E-state index is 13.8. The molecule has 3 aromatic carbocycles. The molecule has 0 aromatic heterocycles. The summed E-state index contributed by atoms with van der Waals surface area (Å²) in [6.45, 7) is 0. The second-order valence-electron chi connectivity index (χ2n) is 8.96. The van der Waals surface area contributed by atoms with Gasteiger partial charge in [-0.3, -0.25) is 9.59 Å². The summed E-state index contributed by atoms with van der Waals surface area (Å²) >= 11 is 0. The highest BCUT2D eigenvalue weighted by molar-refractivity contribution is 6.43. The zero-order valence-corrected chi connectivity index (χ0v) is 20.8. The molecule has 6 nitrogen and oxygen atoms in total. The van der Waals surface area contributed by atoms with Crippen LogP contribution in [0.4, 0.5) is 13.2 Å². The summed E-state index contributed by atoms with van der Waals surface area (Å²) in [4.78, 5) is 26.3. The van der Waals surface area contributed by atoms with E-state index >= 15 is 0 Å². The summed E-state index contributed by atoms with van der Waals surface area (Å²) in [6.07, 6.45) is -5.77. The fourth-order valence-corrected chi connectivity index (χ4v) is 4.10. The third-order valence-electron chi connectivity index (χ3n) is 6.17. The molecule has 0 radical (unpaired) electrons. The number of nitrogens with one attached hydrogen (secondary N) is 1. The third kappa shape index (κ3) is 8.19. The fourth-order valence-electron chi connectivity index (χ4n) is 4.10. The maximum atomic E-state index is 13.8. The van der Waals surface area contributed by atoms with Gasteiger partial charge in [0.05, 0.1) is 13.1 Å². The Labute approximate surface area is 219 Å². The molecule has 3 unspecified atom stereocenters. The maximum Gasteiger partial charge on any atom is 0.475 e. The largest absolute Gasteiger partial charge is 0.497 e. The minimum Gasteiger partial charge on any atom is -0.497 e. The first-order valence-corrected chi connectivity index (χ1v) is 12.1.